The maximum absolute atomic E-state index is 15.0. The molecule has 3 amide bonds. The van der Waals surface area contributed by atoms with Gasteiger partial charge >= 0.3 is 11.7 Å². The fraction of sp³-hybridized carbons (Fsp3) is 0.423. The lowest BCUT2D eigenvalue weighted by Gasteiger charge is -2.33. The molecule has 2 saturated heterocycles. The Bertz CT molecular complexity index is 1380. The first kappa shape index (κ1) is 26.2. The van der Waals surface area contributed by atoms with Gasteiger partial charge in [-0.1, -0.05) is 23.7 Å². The normalized spacial score (nSPS) is 17.7. The molecule has 0 bridgehead atoms. The molecule has 2 aromatic carbocycles. The van der Waals surface area contributed by atoms with Crippen LogP contribution in [0.1, 0.15) is 40.9 Å². The minimum absolute atomic E-state index is 0.133. The largest absolute Gasteiger partial charge is 0.387 e. The number of urea groups is 1. The second-order valence-electron chi connectivity index (χ2n) is 9.72. The van der Waals surface area contributed by atoms with E-state index in [1.165, 1.54) is 12.1 Å². The summed E-state index contributed by atoms with van der Waals surface area (Å²) in [6.45, 7) is 3.45. The maximum atomic E-state index is 15.0. The van der Waals surface area contributed by atoms with Gasteiger partial charge in [0, 0.05) is 62.9 Å². The molecule has 2 aliphatic rings. The molecule has 2 fully saturated rings. The molecule has 1 atom stereocenters. The summed E-state index contributed by atoms with van der Waals surface area (Å²) >= 11 is 5.93. The molecule has 1 unspecified atom stereocenters. The highest BCUT2D eigenvalue weighted by atomic mass is 35.5. The van der Waals surface area contributed by atoms with Crippen LogP contribution in [0.2, 0.25) is 5.02 Å². The second kappa shape index (κ2) is 11.1. The first-order valence-electron chi connectivity index (χ1n) is 12.7. The Kier molecular flexibility index (Phi) is 7.68. The monoisotopic (exact) mass is 544 g/mol. The maximum Gasteiger partial charge on any atom is 0.326 e. The molecular weight excluding hydrogens is 515 g/mol. The predicted molar refractivity (Wildman–Crippen MR) is 141 cm³/mol. The van der Waals surface area contributed by atoms with Gasteiger partial charge in [0.2, 0.25) is 0 Å². The van der Waals surface area contributed by atoms with Gasteiger partial charge in [-0.25, -0.2) is 14.0 Å². The van der Waals surface area contributed by atoms with E-state index in [1.807, 2.05) is 0 Å². The minimum Gasteiger partial charge on any atom is -0.387 e. The van der Waals surface area contributed by atoms with Crippen LogP contribution in [-0.4, -0.2) is 82.2 Å². The molecule has 12 heteroatoms. The van der Waals surface area contributed by atoms with E-state index in [9.17, 15) is 23.9 Å². The van der Waals surface area contributed by atoms with Gasteiger partial charge in [-0.05, 0) is 36.6 Å². The van der Waals surface area contributed by atoms with Gasteiger partial charge in [-0.2, -0.15) is 0 Å². The number of hydrogen-bond acceptors (Lipinski definition) is 5. The van der Waals surface area contributed by atoms with Crippen molar-refractivity contribution in [1.29, 1.82) is 0 Å². The topological polar surface area (TPSA) is 123 Å². The molecule has 0 saturated carbocycles. The highest BCUT2D eigenvalue weighted by molar-refractivity contribution is 6.30. The van der Waals surface area contributed by atoms with Crippen LogP contribution in [0.25, 0.3) is 11.0 Å². The number of hydrogen-bond donors (Lipinski definition) is 4. The predicted octanol–water partition coefficient (Wildman–Crippen LogP) is 2.25. The van der Waals surface area contributed by atoms with Crippen LogP contribution in [0.3, 0.4) is 0 Å². The van der Waals surface area contributed by atoms with E-state index < -0.39 is 17.8 Å². The summed E-state index contributed by atoms with van der Waals surface area (Å²) in [6.07, 6.45) is 0.674. The first-order valence-corrected chi connectivity index (χ1v) is 13.1. The van der Waals surface area contributed by atoms with Gasteiger partial charge in [0.05, 0.1) is 22.7 Å². The van der Waals surface area contributed by atoms with Gasteiger partial charge in [0.15, 0.2) is 0 Å². The Hall–Kier alpha value is -3.41. The molecule has 2 aliphatic heterocycles. The number of carbonyl (C=O) groups excluding carboxylic acids is 2. The Morgan fingerprint density at radius 3 is 2.58 bits per heavy atom. The van der Waals surface area contributed by atoms with Crippen LogP contribution >= 0.6 is 11.6 Å². The number of carbonyl (C=O) groups is 2. The van der Waals surface area contributed by atoms with Crippen molar-refractivity contribution in [3.63, 3.8) is 0 Å². The zero-order chi connectivity index (χ0) is 26.8. The molecule has 0 spiro atoms. The summed E-state index contributed by atoms with van der Waals surface area (Å²) < 4.78 is 16.6. The van der Waals surface area contributed by atoms with Crippen LogP contribution in [-0.2, 0) is 0 Å². The van der Waals surface area contributed by atoms with Crippen LogP contribution in [0.15, 0.2) is 41.2 Å². The van der Waals surface area contributed by atoms with E-state index in [1.54, 1.807) is 33.7 Å². The average Bonchev–Trinajstić information content (AvgIpc) is 3.45. The van der Waals surface area contributed by atoms with Gasteiger partial charge in [0.25, 0.3) is 5.91 Å². The third kappa shape index (κ3) is 5.54. The Labute approximate surface area is 223 Å². The number of rotatable bonds is 8. The molecule has 38 heavy (non-hydrogen) atoms. The molecule has 202 valence electrons. The van der Waals surface area contributed by atoms with Crippen molar-refractivity contribution in [2.75, 3.05) is 45.8 Å². The average molecular weight is 545 g/mol. The van der Waals surface area contributed by atoms with Crippen LogP contribution in [0.4, 0.5) is 9.18 Å². The summed E-state index contributed by atoms with van der Waals surface area (Å²) in [5.41, 5.74) is 1.08. The van der Waals surface area contributed by atoms with Crippen molar-refractivity contribution in [2.45, 2.75) is 25.0 Å². The Balaban J connectivity index is 1.22. The number of aliphatic hydroxyl groups is 1. The van der Waals surface area contributed by atoms with Crippen LogP contribution in [0, 0.1) is 5.82 Å². The number of fused-ring (bicyclic) bond motifs is 1. The number of nitrogens with one attached hydrogen (secondary N) is 3. The number of β-amino-alcohol motifs (C(OH)–C–C–N with tert-alkyl or cyclic N) is 1. The molecular formula is C26H30ClFN6O4. The van der Waals surface area contributed by atoms with E-state index in [0.29, 0.717) is 68.2 Å². The van der Waals surface area contributed by atoms with Crippen LogP contribution < -0.4 is 16.3 Å². The van der Waals surface area contributed by atoms with Crippen molar-refractivity contribution >= 4 is 34.6 Å². The number of amides is 3. The van der Waals surface area contributed by atoms with Gasteiger partial charge in [-0.3, -0.25) is 9.36 Å². The fourth-order valence-electron chi connectivity index (χ4n) is 5.20. The molecule has 1 aromatic heterocycles. The lowest BCUT2D eigenvalue weighted by atomic mass is 10.0. The lowest BCUT2D eigenvalue weighted by molar-refractivity contribution is 0.0906. The number of aliphatic hydroxyl groups excluding tert-OH is 1. The van der Waals surface area contributed by atoms with Crippen molar-refractivity contribution in [2.24, 2.45) is 0 Å². The number of aromatic amines is 1. The van der Waals surface area contributed by atoms with E-state index in [0.717, 1.165) is 5.56 Å². The number of aromatic nitrogens is 2. The Morgan fingerprint density at radius 2 is 1.89 bits per heavy atom. The first-order chi connectivity index (χ1) is 18.3. The number of piperidine rings is 1. The molecule has 0 radical (unpaired) electrons. The number of imidazole rings is 1. The third-order valence-electron chi connectivity index (χ3n) is 7.27. The molecule has 4 N–H and O–H groups in total. The molecule has 10 nitrogen and oxygen atoms in total. The molecule has 3 aromatic rings. The van der Waals surface area contributed by atoms with Crippen molar-refractivity contribution in [3.8, 4) is 0 Å². The quantitative estimate of drug-likeness (QED) is 0.346. The van der Waals surface area contributed by atoms with E-state index in [2.05, 4.69) is 20.5 Å². The standard InChI is InChI=1S/C26H30ClFN6O4/c27-17-3-1-16(2-4-17)23(35)15-32-9-5-18(6-10-32)34-22-14-20(28)19(13-21(22)31-26(34)38)24(36)29-7-11-33-12-8-30-25(33)37/h1-4,13-14,18,23,35H,5-12,15H2,(H,29,36)(H,30,37)(H,31,38). The zero-order valence-electron chi connectivity index (χ0n) is 20.8. The fourth-order valence-corrected chi connectivity index (χ4v) is 5.33. The summed E-state index contributed by atoms with van der Waals surface area (Å²) in [5, 5.41) is 16.5. The van der Waals surface area contributed by atoms with E-state index in [-0.39, 0.29) is 29.9 Å². The van der Waals surface area contributed by atoms with Gasteiger partial charge in [0.1, 0.15) is 5.82 Å². The van der Waals surface area contributed by atoms with Gasteiger partial charge in [-0.15, -0.1) is 0 Å². The lowest BCUT2D eigenvalue weighted by Crippen LogP contribution is -2.39. The Morgan fingerprint density at radius 1 is 1.16 bits per heavy atom. The van der Waals surface area contributed by atoms with Crippen molar-refractivity contribution < 1.29 is 19.1 Å². The SMILES string of the molecule is O=C(NCCN1CCNC1=O)c1cc2[nH]c(=O)n(C3CCN(CC(O)c4ccc(Cl)cc4)CC3)c2cc1F. The van der Waals surface area contributed by atoms with E-state index in [4.69, 9.17) is 11.6 Å². The molecule has 0 aliphatic carbocycles. The van der Waals surface area contributed by atoms with Crippen molar-refractivity contribution in [3.05, 3.63) is 68.8 Å². The highest BCUT2D eigenvalue weighted by Crippen LogP contribution is 2.27. The number of benzene rings is 2. The van der Waals surface area contributed by atoms with Crippen molar-refractivity contribution in [1.82, 2.24) is 30.0 Å². The van der Waals surface area contributed by atoms with Gasteiger partial charge < -0.3 is 30.5 Å². The minimum atomic E-state index is -0.717. The number of H-pyrrole nitrogens is 1. The summed E-state index contributed by atoms with van der Waals surface area (Å²) in [4.78, 5) is 43.5. The van der Waals surface area contributed by atoms with E-state index >= 15 is 0 Å². The number of likely N-dealkylation sites (tertiary alicyclic amines) is 1. The number of nitrogens with zero attached hydrogens (tertiary/aromatic N) is 3. The third-order valence-corrected chi connectivity index (χ3v) is 7.52. The van der Waals surface area contributed by atoms with Crippen LogP contribution in [0.5, 0.6) is 0 Å². The smallest absolute Gasteiger partial charge is 0.326 e. The number of halogens is 2. The zero-order valence-corrected chi connectivity index (χ0v) is 21.5. The summed E-state index contributed by atoms with van der Waals surface area (Å²) in [6, 6.07) is 9.38. The summed E-state index contributed by atoms with van der Waals surface area (Å²) in [5.74, 6) is -1.32. The summed E-state index contributed by atoms with van der Waals surface area (Å²) in [7, 11) is 0. The molecule has 3 heterocycles. The molecule has 5 rings (SSSR count). The highest BCUT2D eigenvalue weighted by Gasteiger charge is 2.26. The second-order valence-corrected chi connectivity index (χ2v) is 10.2.